The zero-order chi connectivity index (χ0) is 20.6. The topological polar surface area (TPSA) is 51.0 Å². The summed E-state index contributed by atoms with van der Waals surface area (Å²) < 4.78 is 0. The van der Waals surface area contributed by atoms with Gasteiger partial charge < -0.3 is 4.90 Å². The van der Waals surface area contributed by atoms with Crippen LogP contribution in [0.3, 0.4) is 0 Å². The highest BCUT2D eigenvalue weighted by Gasteiger charge is 2.21. The molecule has 0 saturated heterocycles. The number of benzene rings is 2. The van der Waals surface area contributed by atoms with Gasteiger partial charge >= 0.3 is 6.03 Å². The standard InChI is InChI=1S/C24H30N4O/c1-4-20(5-2)18-27(16-15-21-9-7-6-8-10-21)24(29)28-25-17-23(26-28)22-13-11-19(3)12-14-22/h6-14,17,20H,4-5,15-16,18H2,1-3H3. The molecular weight excluding hydrogens is 360 g/mol. The van der Waals surface area contributed by atoms with E-state index in [9.17, 15) is 4.79 Å². The monoisotopic (exact) mass is 390 g/mol. The number of hydrogen-bond donors (Lipinski definition) is 0. The first-order valence-corrected chi connectivity index (χ1v) is 10.4. The van der Waals surface area contributed by atoms with Crippen LogP contribution in [0.2, 0.25) is 0 Å². The Bertz CT molecular complexity index is 898. The predicted octanol–water partition coefficient (Wildman–Crippen LogP) is 5.20. The molecule has 5 heteroatoms. The van der Waals surface area contributed by atoms with E-state index >= 15 is 0 Å². The number of aromatic nitrogens is 3. The smallest absolute Gasteiger partial charge is 0.321 e. The summed E-state index contributed by atoms with van der Waals surface area (Å²) in [7, 11) is 0. The summed E-state index contributed by atoms with van der Waals surface area (Å²) in [5, 5.41) is 8.72. The second-order valence-electron chi connectivity index (χ2n) is 7.53. The highest BCUT2D eigenvalue weighted by Crippen LogP contribution is 2.17. The molecule has 0 aliphatic heterocycles. The third kappa shape index (κ3) is 5.53. The van der Waals surface area contributed by atoms with Gasteiger partial charge in [0, 0.05) is 18.7 Å². The lowest BCUT2D eigenvalue weighted by Gasteiger charge is -2.26. The van der Waals surface area contributed by atoms with Crippen molar-refractivity contribution in [2.75, 3.05) is 13.1 Å². The number of rotatable bonds is 8. The molecular formula is C24H30N4O. The summed E-state index contributed by atoms with van der Waals surface area (Å²) in [5.41, 5.74) is 4.09. The van der Waals surface area contributed by atoms with Gasteiger partial charge in [-0.3, -0.25) is 0 Å². The SMILES string of the molecule is CCC(CC)CN(CCc1ccccc1)C(=O)n1ncc(-c2ccc(C)cc2)n1. The van der Waals surface area contributed by atoms with Gasteiger partial charge in [0.1, 0.15) is 5.69 Å². The summed E-state index contributed by atoms with van der Waals surface area (Å²) in [6.45, 7) is 7.78. The maximum absolute atomic E-state index is 13.2. The fraction of sp³-hybridized carbons (Fsp3) is 0.375. The Balaban J connectivity index is 1.76. The minimum Gasteiger partial charge on any atom is -0.321 e. The minimum absolute atomic E-state index is 0.161. The molecule has 1 heterocycles. The Morgan fingerprint density at radius 1 is 1.03 bits per heavy atom. The van der Waals surface area contributed by atoms with Crippen molar-refractivity contribution in [2.45, 2.75) is 40.0 Å². The van der Waals surface area contributed by atoms with Gasteiger partial charge in [-0.05, 0) is 24.8 Å². The number of nitrogens with zero attached hydrogens (tertiary/aromatic N) is 4. The third-order valence-electron chi connectivity index (χ3n) is 5.43. The molecule has 1 aromatic heterocycles. The van der Waals surface area contributed by atoms with Crippen molar-refractivity contribution in [1.29, 1.82) is 0 Å². The van der Waals surface area contributed by atoms with Crippen molar-refractivity contribution in [1.82, 2.24) is 19.9 Å². The van der Waals surface area contributed by atoms with Crippen LogP contribution in [-0.4, -0.2) is 39.0 Å². The molecule has 1 amide bonds. The summed E-state index contributed by atoms with van der Waals surface area (Å²) in [4.78, 5) is 16.3. The number of aryl methyl sites for hydroxylation is 1. The van der Waals surface area contributed by atoms with Crippen LogP contribution in [0.1, 0.15) is 37.8 Å². The zero-order valence-electron chi connectivity index (χ0n) is 17.6. The van der Waals surface area contributed by atoms with Crippen LogP contribution in [0, 0.1) is 12.8 Å². The van der Waals surface area contributed by atoms with Crippen LogP contribution < -0.4 is 0 Å². The highest BCUT2D eigenvalue weighted by atomic mass is 16.2. The summed E-state index contributed by atoms with van der Waals surface area (Å²) in [6.07, 6.45) is 4.58. The Kier molecular flexibility index (Phi) is 7.17. The van der Waals surface area contributed by atoms with Crippen LogP contribution in [0.15, 0.2) is 60.8 Å². The van der Waals surface area contributed by atoms with Gasteiger partial charge in [-0.2, -0.15) is 5.10 Å². The van der Waals surface area contributed by atoms with Gasteiger partial charge in [-0.25, -0.2) is 4.79 Å². The van der Waals surface area contributed by atoms with E-state index in [1.54, 1.807) is 6.20 Å². The van der Waals surface area contributed by atoms with Gasteiger partial charge in [0.25, 0.3) is 0 Å². The Morgan fingerprint density at radius 2 is 1.72 bits per heavy atom. The molecule has 0 aliphatic carbocycles. The normalized spacial score (nSPS) is 11.0. The number of carbonyl (C=O) groups is 1. The largest absolute Gasteiger partial charge is 0.362 e. The Morgan fingerprint density at radius 3 is 2.38 bits per heavy atom. The average Bonchev–Trinajstić information content (AvgIpc) is 3.25. The number of carbonyl (C=O) groups excluding carboxylic acids is 1. The van der Waals surface area contributed by atoms with Gasteiger partial charge in [0.05, 0.1) is 6.20 Å². The van der Waals surface area contributed by atoms with Gasteiger partial charge in [-0.15, -0.1) is 5.10 Å². The zero-order valence-corrected chi connectivity index (χ0v) is 17.6. The van der Waals surface area contributed by atoms with Crippen LogP contribution in [-0.2, 0) is 6.42 Å². The highest BCUT2D eigenvalue weighted by molar-refractivity contribution is 5.75. The number of amides is 1. The molecule has 29 heavy (non-hydrogen) atoms. The van der Waals surface area contributed by atoms with E-state index in [4.69, 9.17) is 0 Å². The maximum atomic E-state index is 13.2. The van der Waals surface area contributed by atoms with Crippen molar-refractivity contribution in [3.63, 3.8) is 0 Å². The van der Waals surface area contributed by atoms with E-state index in [0.717, 1.165) is 31.4 Å². The maximum Gasteiger partial charge on any atom is 0.362 e. The summed E-state index contributed by atoms with van der Waals surface area (Å²) >= 11 is 0. The van der Waals surface area contributed by atoms with E-state index in [0.29, 0.717) is 18.2 Å². The van der Waals surface area contributed by atoms with E-state index in [1.165, 1.54) is 15.9 Å². The van der Waals surface area contributed by atoms with E-state index in [2.05, 4.69) is 36.2 Å². The molecule has 0 N–H and O–H groups in total. The quantitative estimate of drug-likeness (QED) is 0.531. The van der Waals surface area contributed by atoms with Crippen molar-refractivity contribution < 1.29 is 4.79 Å². The van der Waals surface area contributed by atoms with E-state index in [-0.39, 0.29) is 6.03 Å². The second kappa shape index (κ2) is 10.0. The van der Waals surface area contributed by atoms with E-state index < -0.39 is 0 Å². The fourth-order valence-corrected chi connectivity index (χ4v) is 3.37. The van der Waals surface area contributed by atoms with Crippen molar-refractivity contribution in [3.05, 3.63) is 71.9 Å². The average molecular weight is 391 g/mol. The molecule has 0 radical (unpaired) electrons. The lowest BCUT2D eigenvalue weighted by molar-refractivity contribution is 0.181. The lowest BCUT2D eigenvalue weighted by atomic mass is 10.0. The van der Waals surface area contributed by atoms with Gasteiger partial charge in [-0.1, -0.05) is 91.6 Å². The Labute approximate surface area is 173 Å². The van der Waals surface area contributed by atoms with Crippen LogP contribution in [0.4, 0.5) is 4.79 Å². The van der Waals surface area contributed by atoms with Crippen molar-refractivity contribution in [2.24, 2.45) is 5.92 Å². The molecule has 0 spiro atoms. The van der Waals surface area contributed by atoms with Gasteiger partial charge in [0.15, 0.2) is 0 Å². The molecule has 2 aromatic carbocycles. The molecule has 0 bridgehead atoms. The number of hydrogen-bond acceptors (Lipinski definition) is 3. The lowest BCUT2D eigenvalue weighted by Crippen LogP contribution is -2.40. The molecule has 0 fully saturated rings. The molecule has 5 nitrogen and oxygen atoms in total. The third-order valence-corrected chi connectivity index (χ3v) is 5.43. The first-order chi connectivity index (χ1) is 14.1. The van der Waals surface area contributed by atoms with E-state index in [1.807, 2.05) is 54.3 Å². The molecule has 0 aliphatic rings. The molecule has 152 valence electrons. The molecule has 0 atom stereocenters. The van der Waals surface area contributed by atoms with Crippen molar-refractivity contribution >= 4 is 6.03 Å². The second-order valence-corrected chi connectivity index (χ2v) is 7.53. The molecule has 0 unspecified atom stereocenters. The van der Waals surface area contributed by atoms with Crippen LogP contribution in [0.25, 0.3) is 11.3 Å². The van der Waals surface area contributed by atoms with Crippen LogP contribution in [0.5, 0.6) is 0 Å². The minimum atomic E-state index is -0.161. The summed E-state index contributed by atoms with van der Waals surface area (Å²) in [5.74, 6) is 0.474. The van der Waals surface area contributed by atoms with Gasteiger partial charge in [0.2, 0.25) is 0 Å². The molecule has 3 rings (SSSR count). The fourth-order valence-electron chi connectivity index (χ4n) is 3.37. The van der Waals surface area contributed by atoms with Crippen molar-refractivity contribution in [3.8, 4) is 11.3 Å². The first-order valence-electron chi connectivity index (χ1n) is 10.4. The molecule has 3 aromatic rings. The molecule has 0 saturated carbocycles. The predicted molar refractivity (Wildman–Crippen MR) is 117 cm³/mol. The first kappa shape index (κ1) is 20.8. The summed E-state index contributed by atoms with van der Waals surface area (Å²) in [6, 6.07) is 18.2. The Hall–Kier alpha value is -2.95. The van der Waals surface area contributed by atoms with Crippen LogP contribution >= 0.6 is 0 Å².